The zero-order valence-corrected chi connectivity index (χ0v) is 38.5. The lowest BCUT2D eigenvalue weighted by Crippen LogP contribution is -2.17. The minimum Gasteiger partial charge on any atom is -0.399 e. The van der Waals surface area contributed by atoms with E-state index in [0.29, 0.717) is 0 Å². The average Bonchev–Trinajstić information content (AvgIpc) is 3.32. The topological polar surface area (TPSA) is 35.5 Å². The number of benzene rings is 6. The molecule has 0 radical (unpaired) electrons. The Labute approximate surface area is 349 Å². The highest BCUT2D eigenvalue weighted by Gasteiger charge is 2.30. The van der Waals surface area contributed by atoms with Crippen LogP contribution >= 0.6 is 16.2 Å². The second kappa shape index (κ2) is 16.1. The summed E-state index contributed by atoms with van der Waals surface area (Å²) in [6.45, 7) is 27.5. The van der Waals surface area contributed by atoms with Crippen molar-refractivity contribution in [3.63, 3.8) is 0 Å². The zero-order valence-electron chi connectivity index (χ0n) is 36.7. The summed E-state index contributed by atoms with van der Waals surface area (Å²) >= 11 is 0. The van der Waals surface area contributed by atoms with Crippen molar-refractivity contribution in [3.05, 3.63) is 155 Å². The molecule has 0 saturated carbocycles. The lowest BCUT2D eigenvalue weighted by Gasteiger charge is -2.27. The standard InChI is InChI=1S/C53H62O3P2/c1-50(2,3)38-32-42-43-33-39(51(4,5)6)35-45(53(10,11)12)49(43)56-58(55-48(42)44(34-38)52(7,8)9)54-46(37-23-15-13-16-24-37)30-31-57(40-26-17-14-18-27-40)47-29-21-25-36-22-19-20-28-41(36)47/h13-29,32-35,46H,30-31H2,1-12H3/t46-,57?/m0/s1. The van der Waals surface area contributed by atoms with Crippen molar-refractivity contribution < 1.29 is 12.9 Å². The summed E-state index contributed by atoms with van der Waals surface area (Å²) in [5.41, 5.74) is 7.21. The fraction of sp³-hybridized carbons (Fsp3) is 0.358. The van der Waals surface area contributed by atoms with Crippen molar-refractivity contribution in [2.45, 2.75) is 117 Å². The van der Waals surface area contributed by atoms with Crippen molar-refractivity contribution in [1.82, 2.24) is 0 Å². The molecule has 1 heterocycles. The van der Waals surface area contributed by atoms with Crippen LogP contribution < -0.4 is 15.1 Å². The van der Waals surface area contributed by atoms with Gasteiger partial charge in [0.15, 0.2) is 0 Å². The number of fused-ring (bicyclic) bond motifs is 4. The van der Waals surface area contributed by atoms with Crippen LogP contribution in [0, 0.1) is 0 Å². The van der Waals surface area contributed by atoms with Gasteiger partial charge in [0.1, 0.15) is 11.2 Å². The minimum atomic E-state index is -1.90. The predicted octanol–water partition coefficient (Wildman–Crippen LogP) is 15.3. The summed E-state index contributed by atoms with van der Waals surface area (Å²) in [6.07, 6.45) is 1.47. The monoisotopic (exact) mass is 808 g/mol. The maximum Gasteiger partial charge on any atom is 0.388 e. The summed E-state index contributed by atoms with van der Waals surface area (Å²) in [5, 5.41) is 7.52. The van der Waals surface area contributed by atoms with Crippen molar-refractivity contribution in [2.24, 2.45) is 0 Å². The summed E-state index contributed by atoms with van der Waals surface area (Å²) in [6, 6.07) is 46.7. The molecule has 1 aromatic heterocycles. The van der Waals surface area contributed by atoms with Gasteiger partial charge in [0.05, 0.1) is 6.10 Å². The Bertz CT molecular complexity index is 2480. The molecule has 2 atom stereocenters. The Morgan fingerprint density at radius 1 is 0.517 bits per heavy atom. The summed E-state index contributed by atoms with van der Waals surface area (Å²) in [4.78, 5) is 0. The third-order valence-corrected chi connectivity index (χ3v) is 15.0. The van der Waals surface area contributed by atoms with Crippen LogP contribution in [0.5, 0.6) is 0 Å². The van der Waals surface area contributed by atoms with E-state index in [2.05, 4.69) is 210 Å². The Morgan fingerprint density at radius 3 is 1.52 bits per heavy atom. The van der Waals surface area contributed by atoms with E-state index in [4.69, 9.17) is 12.9 Å². The lowest BCUT2D eigenvalue weighted by atomic mass is 9.77. The number of rotatable bonds is 8. The Hall–Kier alpha value is -4.13. The predicted molar refractivity (Wildman–Crippen MR) is 253 cm³/mol. The SMILES string of the molecule is CC(C)(C)c1cc(C(C)(C)C)c2op(O[C@@H](CCP(c3ccccc3)c3cccc4ccccc34)c3ccccc3)oc3c(C(C)(C)C)cc(C(C)(C)C)cc3c2c1. The molecule has 0 saturated heterocycles. The van der Waals surface area contributed by atoms with Crippen molar-refractivity contribution in [2.75, 3.05) is 6.16 Å². The van der Waals surface area contributed by atoms with Gasteiger partial charge in [-0.15, -0.1) is 0 Å². The van der Waals surface area contributed by atoms with Crippen molar-refractivity contribution in [3.8, 4) is 0 Å². The van der Waals surface area contributed by atoms with Gasteiger partial charge in [0.25, 0.3) is 0 Å². The van der Waals surface area contributed by atoms with Crippen LogP contribution in [0.2, 0.25) is 0 Å². The van der Waals surface area contributed by atoms with Crippen LogP contribution in [-0.4, -0.2) is 6.16 Å². The van der Waals surface area contributed by atoms with Gasteiger partial charge >= 0.3 is 8.24 Å². The molecule has 0 aliphatic carbocycles. The van der Waals surface area contributed by atoms with Crippen LogP contribution in [0.15, 0.2) is 136 Å². The van der Waals surface area contributed by atoms with E-state index in [1.165, 1.54) is 43.6 Å². The fourth-order valence-corrected chi connectivity index (χ4v) is 11.6. The molecule has 3 nitrogen and oxygen atoms in total. The molecule has 58 heavy (non-hydrogen) atoms. The van der Waals surface area contributed by atoms with Crippen LogP contribution in [0.4, 0.5) is 0 Å². The van der Waals surface area contributed by atoms with Crippen LogP contribution in [0.25, 0.3) is 32.7 Å². The maximum absolute atomic E-state index is 7.34. The molecule has 1 unspecified atom stereocenters. The molecule has 302 valence electrons. The van der Waals surface area contributed by atoms with Crippen molar-refractivity contribution >= 4 is 59.5 Å². The first-order chi connectivity index (χ1) is 27.3. The number of hydrogen-bond acceptors (Lipinski definition) is 3. The molecule has 0 spiro atoms. The molecular weight excluding hydrogens is 747 g/mol. The third kappa shape index (κ3) is 9.04. The average molecular weight is 809 g/mol. The van der Waals surface area contributed by atoms with Gasteiger partial charge < -0.3 is 8.39 Å². The van der Waals surface area contributed by atoms with Crippen LogP contribution in [-0.2, 0) is 21.7 Å². The smallest absolute Gasteiger partial charge is 0.388 e. The summed E-state index contributed by atoms with van der Waals surface area (Å²) in [5.74, 6) is 0. The van der Waals surface area contributed by atoms with E-state index in [-0.39, 0.29) is 27.8 Å². The van der Waals surface area contributed by atoms with Crippen molar-refractivity contribution in [1.29, 1.82) is 0 Å². The third-order valence-electron chi connectivity index (χ3n) is 11.3. The molecule has 0 aliphatic heterocycles. The molecule has 5 heteroatoms. The lowest BCUT2D eigenvalue weighted by molar-refractivity contribution is 0.258. The normalized spacial score (nSPS) is 13.9. The maximum atomic E-state index is 7.34. The highest BCUT2D eigenvalue weighted by molar-refractivity contribution is 7.73. The van der Waals surface area contributed by atoms with Gasteiger partial charge in [-0.3, -0.25) is 4.52 Å². The van der Waals surface area contributed by atoms with E-state index in [1.807, 2.05) is 0 Å². The summed E-state index contributed by atoms with van der Waals surface area (Å²) in [7, 11) is -2.61. The quantitative estimate of drug-likeness (QED) is 0.143. The minimum absolute atomic E-state index is 0.0717. The highest BCUT2D eigenvalue weighted by Crippen LogP contribution is 2.47. The highest BCUT2D eigenvalue weighted by atomic mass is 31.1. The van der Waals surface area contributed by atoms with E-state index in [1.54, 1.807) is 0 Å². The number of hydrogen-bond donors (Lipinski definition) is 0. The Balaban J connectivity index is 1.47. The van der Waals surface area contributed by atoms with E-state index < -0.39 is 16.2 Å². The molecule has 6 aromatic carbocycles. The molecule has 0 fully saturated rings. The molecule has 0 bridgehead atoms. The molecule has 7 aromatic rings. The van der Waals surface area contributed by atoms with E-state index >= 15 is 0 Å². The van der Waals surface area contributed by atoms with Crippen LogP contribution in [0.1, 0.15) is 123 Å². The Kier molecular flexibility index (Phi) is 11.7. The Morgan fingerprint density at radius 2 is 1.00 bits per heavy atom. The largest absolute Gasteiger partial charge is 0.399 e. The van der Waals surface area contributed by atoms with E-state index in [0.717, 1.165) is 40.1 Å². The molecule has 7 rings (SSSR count). The van der Waals surface area contributed by atoms with Crippen LogP contribution in [0.3, 0.4) is 0 Å². The molecule has 0 aliphatic rings. The van der Waals surface area contributed by atoms with Gasteiger partial charge in [-0.25, -0.2) is 0 Å². The second-order valence-electron chi connectivity index (χ2n) is 20.0. The summed E-state index contributed by atoms with van der Waals surface area (Å²) < 4.78 is 21.9. The fourth-order valence-electron chi connectivity index (χ4n) is 7.78. The first-order valence-electron chi connectivity index (χ1n) is 20.9. The molecular formula is C53H62O3P2. The van der Waals surface area contributed by atoms with Gasteiger partial charge in [-0.2, -0.15) is 0 Å². The first kappa shape index (κ1) is 42.0. The molecule has 0 amide bonds. The second-order valence-corrected chi connectivity index (χ2v) is 23.3. The first-order valence-corrected chi connectivity index (χ1v) is 23.5. The van der Waals surface area contributed by atoms with E-state index in [9.17, 15) is 0 Å². The van der Waals surface area contributed by atoms with Gasteiger partial charge in [-0.1, -0.05) is 198 Å². The van der Waals surface area contributed by atoms with Gasteiger partial charge in [0, 0.05) is 21.9 Å². The molecule has 0 N–H and O–H groups in total. The van der Waals surface area contributed by atoms with Gasteiger partial charge in [0.2, 0.25) is 0 Å². The van der Waals surface area contributed by atoms with Gasteiger partial charge in [-0.05, 0) is 92.4 Å². The zero-order chi connectivity index (χ0) is 41.6.